The highest BCUT2D eigenvalue weighted by Crippen LogP contribution is 2.41. The number of rotatable bonds is 21. The molecule has 0 atom stereocenters. The van der Waals surface area contributed by atoms with Gasteiger partial charge in [-0.15, -0.1) is 0 Å². The first-order chi connectivity index (χ1) is 19.7. The lowest BCUT2D eigenvalue weighted by atomic mass is 9.80. The Hall–Kier alpha value is -3.06. The molecule has 3 aromatic carbocycles. The summed E-state index contributed by atoms with van der Waals surface area (Å²) in [5.74, 6) is 1.49. The molecule has 3 aromatic rings. The van der Waals surface area contributed by atoms with Crippen LogP contribution in [0.3, 0.4) is 0 Å². The van der Waals surface area contributed by atoms with Gasteiger partial charge in [-0.3, -0.25) is 0 Å². The summed E-state index contributed by atoms with van der Waals surface area (Å²) in [6.45, 7) is 2.60. The van der Waals surface area contributed by atoms with Crippen molar-refractivity contribution in [3.05, 3.63) is 95.6 Å². The molecule has 0 saturated carbocycles. The summed E-state index contributed by atoms with van der Waals surface area (Å²) in [5, 5.41) is 0. The van der Waals surface area contributed by atoms with E-state index in [1.54, 1.807) is 14.2 Å². The number of methoxy groups -OCH3 is 2. The molecule has 0 aliphatic heterocycles. The van der Waals surface area contributed by atoms with Gasteiger partial charge in [0.1, 0.15) is 23.9 Å². The second kappa shape index (κ2) is 18.3. The molecule has 0 amide bonds. The molecule has 0 heterocycles. The van der Waals surface area contributed by atoms with Crippen LogP contribution in [-0.4, -0.2) is 68.4 Å². The third-order valence-corrected chi connectivity index (χ3v) is 5.74. The van der Waals surface area contributed by atoms with E-state index in [1.165, 1.54) is 0 Å². The molecular weight excluding hydrogens is 520 g/mol. The van der Waals surface area contributed by atoms with Crippen molar-refractivity contribution >= 4 is 0 Å². The van der Waals surface area contributed by atoms with Crippen molar-refractivity contribution in [3.8, 4) is 11.5 Å². The van der Waals surface area contributed by atoms with Gasteiger partial charge in [0, 0.05) is 6.61 Å². The minimum absolute atomic E-state index is 0.00593. The first-order valence-corrected chi connectivity index (χ1v) is 12.8. The van der Waals surface area contributed by atoms with Crippen LogP contribution in [-0.2, 0) is 43.5 Å². The third kappa shape index (κ3) is 9.54. The second-order valence-corrected chi connectivity index (χ2v) is 8.19. The van der Waals surface area contributed by atoms with E-state index in [0.29, 0.717) is 6.61 Å². The van der Waals surface area contributed by atoms with Crippen LogP contribution in [0.25, 0.3) is 0 Å². The highest BCUT2D eigenvalue weighted by Gasteiger charge is 2.38. The van der Waals surface area contributed by atoms with Crippen molar-refractivity contribution in [1.29, 1.82) is 0 Å². The summed E-state index contributed by atoms with van der Waals surface area (Å²) in [4.78, 5) is 0. The summed E-state index contributed by atoms with van der Waals surface area (Å²) >= 11 is 0. The maximum absolute atomic E-state index is 6.56. The molecule has 0 aliphatic carbocycles. The molecule has 218 valence electrons. The van der Waals surface area contributed by atoms with Crippen LogP contribution in [0.2, 0.25) is 0 Å². The largest absolute Gasteiger partial charge is 0.497 e. The van der Waals surface area contributed by atoms with Gasteiger partial charge in [-0.25, -0.2) is 0 Å². The molecule has 0 aliphatic rings. The molecular formula is C30H38O10. The predicted molar refractivity (Wildman–Crippen MR) is 146 cm³/mol. The lowest BCUT2D eigenvalue weighted by Gasteiger charge is -2.35. The van der Waals surface area contributed by atoms with E-state index in [9.17, 15) is 0 Å². The quantitative estimate of drug-likeness (QED) is 0.103. The molecule has 10 heteroatoms. The normalized spacial score (nSPS) is 11.5. The molecule has 0 aromatic heterocycles. The molecule has 0 unspecified atom stereocenters. The summed E-state index contributed by atoms with van der Waals surface area (Å²) in [6.07, 6.45) is 0. The van der Waals surface area contributed by atoms with E-state index in [0.717, 1.165) is 28.2 Å². The fourth-order valence-electron chi connectivity index (χ4n) is 3.85. The monoisotopic (exact) mass is 558 g/mol. The molecule has 0 N–H and O–H groups in total. The van der Waals surface area contributed by atoms with Crippen LogP contribution < -0.4 is 9.47 Å². The average molecular weight is 559 g/mol. The number of ether oxygens (including phenoxy) is 10. The number of benzene rings is 3. The van der Waals surface area contributed by atoms with Crippen molar-refractivity contribution in [2.75, 3.05) is 68.4 Å². The fraction of sp³-hybridized carbons (Fsp3) is 0.400. The van der Waals surface area contributed by atoms with Crippen LogP contribution >= 0.6 is 0 Å². The number of hydrogen-bond acceptors (Lipinski definition) is 10. The molecule has 0 fully saturated rings. The van der Waals surface area contributed by atoms with E-state index >= 15 is 0 Å². The summed E-state index contributed by atoms with van der Waals surface area (Å²) in [7, 11) is 3.27. The zero-order valence-corrected chi connectivity index (χ0v) is 23.2. The Morgan fingerprint density at radius 2 is 0.825 bits per heavy atom. The van der Waals surface area contributed by atoms with Crippen LogP contribution in [0.4, 0.5) is 0 Å². The fourth-order valence-corrected chi connectivity index (χ4v) is 3.85. The summed E-state index contributed by atoms with van der Waals surface area (Å²) in [5.41, 5.74) is 1.76. The minimum atomic E-state index is -0.976. The average Bonchev–Trinajstić information content (AvgIpc) is 3.02. The molecule has 3 rings (SSSR count). The summed E-state index contributed by atoms with van der Waals surface area (Å²) < 4.78 is 53.9. The summed E-state index contributed by atoms with van der Waals surface area (Å²) in [6, 6.07) is 25.5. The van der Waals surface area contributed by atoms with E-state index in [4.69, 9.17) is 47.4 Å². The van der Waals surface area contributed by atoms with Gasteiger partial charge in [0.05, 0.1) is 14.2 Å². The minimum Gasteiger partial charge on any atom is -0.497 e. The Bertz CT molecular complexity index is 997. The Morgan fingerprint density at radius 1 is 0.450 bits per heavy atom. The van der Waals surface area contributed by atoms with Crippen molar-refractivity contribution in [2.45, 2.75) is 12.5 Å². The van der Waals surface area contributed by atoms with E-state index < -0.39 is 5.60 Å². The van der Waals surface area contributed by atoms with Crippen LogP contribution in [0.5, 0.6) is 11.5 Å². The first kappa shape index (κ1) is 31.5. The second-order valence-electron chi connectivity index (χ2n) is 8.19. The first-order valence-electron chi connectivity index (χ1n) is 12.8. The predicted octanol–water partition coefficient (Wildman–Crippen LogP) is 4.85. The van der Waals surface area contributed by atoms with Crippen LogP contribution in [0.15, 0.2) is 78.9 Å². The van der Waals surface area contributed by atoms with Crippen LogP contribution in [0, 0.1) is 0 Å². The van der Waals surface area contributed by atoms with Gasteiger partial charge in [0.25, 0.3) is 0 Å². The van der Waals surface area contributed by atoms with Crippen molar-refractivity contribution in [2.24, 2.45) is 0 Å². The molecule has 0 radical (unpaired) electrons. The van der Waals surface area contributed by atoms with Crippen molar-refractivity contribution < 1.29 is 47.4 Å². The van der Waals surface area contributed by atoms with Gasteiger partial charge in [-0.05, 0) is 47.9 Å². The van der Waals surface area contributed by atoms with E-state index in [1.807, 2.05) is 85.8 Å². The topological polar surface area (TPSA) is 92.3 Å². The van der Waals surface area contributed by atoms with E-state index in [-0.39, 0.29) is 47.6 Å². The smallest absolute Gasteiger partial charge is 0.152 e. The highest BCUT2D eigenvalue weighted by atomic mass is 16.8. The van der Waals surface area contributed by atoms with Gasteiger partial charge >= 0.3 is 0 Å². The van der Waals surface area contributed by atoms with Gasteiger partial charge in [-0.2, -0.15) is 0 Å². The SMILES string of the molecule is CCOCOCOCOCOCOCOCOC(c1ccccc1)(c1ccc(OC)cc1)c1ccc(OC)cc1. The Labute approximate surface area is 235 Å². The lowest BCUT2D eigenvalue weighted by molar-refractivity contribution is -0.225. The number of hydrogen-bond donors (Lipinski definition) is 0. The maximum Gasteiger partial charge on any atom is 0.152 e. The molecule has 0 saturated heterocycles. The zero-order chi connectivity index (χ0) is 28.3. The van der Waals surface area contributed by atoms with Gasteiger partial charge in [-0.1, -0.05) is 54.6 Å². The Kier molecular flexibility index (Phi) is 14.4. The zero-order valence-electron chi connectivity index (χ0n) is 23.2. The highest BCUT2D eigenvalue weighted by molar-refractivity contribution is 5.49. The van der Waals surface area contributed by atoms with Gasteiger partial charge in [0.2, 0.25) is 0 Å². The van der Waals surface area contributed by atoms with Crippen LogP contribution in [0.1, 0.15) is 23.6 Å². The van der Waals surface area contributed by atoms with Gasteiger partial charge < -0.3 is 47.4 Å². The van der Waals surface area contributed by atoms with Crippen molar-refractivity contribution in [3.63, 3.8) is 0 Å². The van der Waals surface area contributed by atoms with Crippen molar-refractivity contribution in [1.82, 2.24) is 0 Å². The standard InChI is InChI=1S/C30H38O10/c1-4-33-18-34-19-35-20-36-21-37-22-38-23-39-24-40-30(25-8-6-5-7-9-25,26-10-14-28(31-2)15-11-26)27-12-16-29(32-3)17-13-27/h5-17H,4,18-24H2,1-3H3. The molecule has 10 nitrogen and oxygen atoms in total. The van der Waals surface area contributed by atoms with Gasteiger partial charge in [0.15, 0.2) is 40.8 Å². The molecule has 40 heavy (non-hydrogen) atoms. The maximum atomic E-state index is 6.56. The molecule has 0 bridgehead atoms. The third-order valence-electron chi connectivity index (χ3n) is 5.74. The molecule has 0 spiro atoms. The Morgan fingerprint density at radius 3 is 1.23 bits per heavy atom. The Balaban J connectivity index is 1.56. The van der Waals surface area contributed by atoms with E-state index in [2.05, 4.69) is 0 Å². The lowest BCUT2D eigenvalue weighted by Crippen LogP contribution is -2.34.